The maximum Gasteiger partial charge on any atom is 0.140 e. The van der Waals surface area contributed by atoms with E-state index in [0.29, 0.717) is 22.0 Å². The van der Waals surface area contributed by atoms with Crippen LogP contribution in [-0.4, -0.2) is 5.71 Å². The maximum atomic E-state index is 14.1. The first-order valence-corrected chi connectivity index (χ1v) is 8.41. The van der Waals surface area contributed by atoms with E-state index in [4.69, 9.17) is 23.2 Å². The molecule has 0 aliphatic rings. The molecule has 0 radical (unpaired) electrons. The van der Waals surface area contributed by atoms with Gasteiger partial charge in [-0.3, -0.25) is 0 Å². The van der Waals surface area contributed by atoms with Crippen molar-refractivity contribution in [2.24, 2.45) is 4.99 Å². The molecule has 0 amide bonds. The lowest BCUT2D eigenvalue weighted by atomic mass is 10.0. The van der Waals surface area contributed by atoms with E-state index >= 15 is 0 Å². The van der Waals surface area contributed by atoms with E-state index in [0.717, 1.165) is 25.7 Å². The zero-order valence-corrected chi connectivity index (χ0v) is 15.7. The van der Waals surface area contributed by atoms with Crippen LogP contribution < -0.4 is 0 Å². The summed E-state index contributed by atoms with van der Waals surface area (Å²) in [5, 5.41) is 0.569. The van der Waals surface area contributed by atoms with E-state index < -0.39 is 5.83 Å². The summed E-state index contributed by atoms with van der Waals surface area (Å²) >= 11 is 11.9. The zero-order valence-electron chi connectivity index (χ0n) is 14.1. The molecule has 0 aliphatic heterocycles. The molecule has 0 aliphatic carbocycles. The molecule has 0 saturated heterocycles. The van der Waals surface area contributed by atoms with Crippen LogP contribution in [0.2, 0.25) is 0 Å². The number of halogens is 3. The second-order valence-electron chi connectivity index (χ2n) is 5.09. The lowest BCUT2D eigenvalue weighted by Gasteiger charge is -2.08. The number of rotatable bonds is 8. The van der Waals surface area contributed by atoms with Crippen LogP contribution in [0.5, 0.6) is 0 Å². The highest BCUT2D eigenvalue weighted by Crippen LogP contribution is 2.24. The fourth-order valence-electron chi connectivity index (χ4n) is 1.79. The molecule has 1 nitrogen and oxygen atoms in total. The van der Waals surface area contributed by atoms with Gasteiger partial charge >= 0.3 is 0 Å². The highest BCUT2D eigenvalue weighted by atomic mass is 35.5. The van der Waals surface area contributed by atoms with Gasteiger partial charge in [0.1, 0.15) is 11.0 Å². The summed E-state index contributed by atoms with van der Waals surface area (Å²) in [5.41, 5.74) is 1.87. The maximum absolute atomic E-state index is 14.1. The number of aliphatic imine (C=N–C) groups is 1. The Morgan fingerprint density at radius 3 is 2.14 bits per heavy atom. The van der Waals surface area contributed by atoms with Crippen LogP contribution in [0.25, 0.3) is 0 Å². The van der Waals surface area contributed by atoms with Crippen molar-refractivity contribution in [1.29, 1.82) is 0 Å². The summed E-state index contributed by atoms with van der Waals surface area (Å²) in [4.78, 5) is 4.36. The van der Waals surface area contributed by atoms with Gasteiger partial charge in [-0.05, 0) is 45.3 Å². The first-order valence-electron chi connectivity index (χ1n) is 7.66. The van der Waals surface area contributed by atoms with Crippen molar-refractivity contribution in [3.05, 3.63) is 45.4 Å². The van der Waals surface area contributed by atoms with Crippen LogP contribution >= 0.6 is 23.2 Å². The Morgan fingerprint density at radius 1 is 1.05 bits per heavy atom. The summed E-state index contributed by atoms with van der Waals surface area (Å²) < 4.78 is 14.1. The Bertz CT molecular complexity index is 507. The first kappa shape index (κ1) is 21.1. The van der Waals surface area contributed by atoms with Gasteiger partial charge in [-0.25, -0.2) is 9.38 Å². The van der Waals surface area contributed by atoms with Crippen LogP contribution in [0.1, 0.15) is 60.3 Å². The molecule has 0 heterocycles. The lowest BCUT2D eigenvalue weighted by molar-refractivity contribution is 0.645. The van der Waals surface area contributed by atoms with E-state index in [2.05, 4.69) is 18.8 Å². The van der Waals surface area contributed by atoms with Crippen molar-refractivity contribution >= 4 is 28.9 Å². The standard InChI is InChI=1S/C18H26Cl2FN/c1-6-8-10-11-16(13(3)18(21)14(4)19)15(5)22-17(20)12-9-7-2/h10-12H,6-9H2,1-5H3/b11-10-,16-13+,17-12+,18-14-,22-15-. The largest absolute Gasteiger partial charge is 0.241 e. The van der Waals surface area contributed by atoms with E-state index in [9.17, 15) is 4.39 Å². The molecule has 0 rings (SSSR count). The molecule has 22 heavy (non-hydrogen) atoms. The van der Waals surface area contributed by atoms with Gasteiger partial charge in [0.2, 0.25) is 0 Å². The Hall–Kier alpha value is -0.860. The van der Waals surface area contributed by atoms with Gasteiger partial charge < -0.3 is 0 Å². The Kier molecular flexibility index (Phi) is 11.2. The van der Waals surface area contributed by atoms with Gasteiger partial charge in [0.15, 0.2) is 0 Å². The van der Waals surface area contributed by atoms with E-state index in [1.165, 1.54) is 6.92 Å². The number of allylic oxidation sites excluding steroid dienone is 7. The van der Waals surface area contributed by atoms with E-state index in [-0.39, 0.29) is 5.03 Å². The third kappa shape index (κ3) is 7.95. The predicted octanol–water partition coefficient (Wildman–Crippen LogP) is 7.44. The molecular weight excluding hydrogens is 320 g/mol. The second-order valence-corrected chi connectivity index (χ2v) is 6.04. The van der Waals surface area contributed by atoms with Crippen LogP contribution in [-0.2, 0) is 0 Å². The molecule has 0 N–H and O–H groups in total. The van der Waals surface area contributed by atoms with Crippen molar-refractivity contribution in [2.45, 2.75) is 60.3 Å². The van der Waals surface area contributed by atoms with Crippen LogP contribution in [0, 0.1) is 0 Å². The molecule has 0 bridgehead atoms. The predicted molar refractivity (Wildman–Crippen MR) is 98.4 cm³/mol. The van der Waals surface area contributed by atoms with Crippen LogP contribution in [0.4, 0.5) is 4.39 Å². The van der Waals surface area contributed by atoms with Crippen molar-refractivity contribution < 1.29 is 4.39 Å². The topological polar surface area (TPSA) is 12.4 Å². The minimum atomic E-state index is -0.416. The average molecular weight is 346 g/mol. The molecule has 0 aromatic heterocycles. The van der Waals surface area contributed by atoms with Crippen molar-refractivity contribution in [3.63, 3.8) is 0 Å². The molecule has 0 spiro atoms. The van der Waals surface area contributed by atoms with Gasteiger partial charge in [-0.2, -0.15) is 0 Å². The van der Waals surface area contributed by atoms with Gasteiger partial charge in [-0.1, -0.05) is 62.0 Å². The third-order valence-electron chi connectivity index (χ3n) is 3.04. The minimum absolute atomic E-state index is 0.138. The van der Waals surface area contributed by atoms with Gasteiger partial charge in [0, 0.05) is 11.3 Å². The first-order chi connectivity index (χ1) is 10.3. The lowest BCUT2D eigenvalue weighted by Crippen LogP contribution is -2.00. The monoisotopic (exact) mass is 345 g/mol. The third-order valence-corrected chi connectivity index (χ3v) is 3.45. The number of hydrogen-bond acceptors (Lipinski definition) is 1. The highest BCUT2D eigenvalue weighted by Gasteiger charge is 2.10. The molecule has 0 saturated carbocycles. The summed E-state index contributed by atoms with van der Waals surface area (Å²) in [6.45, 7) is 9.23. The van der Waals surface area contributed by atoms with Gasteiger partial charge in [0.25, 0.3) is 0 Å². The quantitative estimate of drug-likeness (QED) is 0.246. The fourth-order valence-corrected chi connectivity index (χ4v) is 2.17. The molecule has 0 aromatic rings. The Balaban J connectivity index is 5.74. The van der Waals surface area contributed by atoms with Crippen molar-refractivity contribution in [1.82, 2.24) is 0 Å². The molecule has 0 atom stereocenters. The SMILES string of the molecule is CCC\C=C/C(C(/C)=N\C(Cl)=C\CCC)=C(C)\C(F)=C(/C)Cl. The number of hydrogen-bond donors (Lipinski definition) is 0. The smallest absolute Gasteiger partial charge is 0.140 e. The molecule has 0 unspecified atom stereocenters. The molecule has 124 valence electrons. The number of unbranched alkanes of at least 4 members (excludes halogenated alkanes) is 2. The second kappa shape index (κ2) is 11.7. The van der Waals surface area contributed by atoms with Crippen molar-refractivity contribution in [3.8, 4) is 0 Å². The number of nitrogens with zero attached hydrogens (tertiary/aromatic N) is 1. The van der Waals surface area contributed by atoms with Crippen molar-refractivity contribution in [2.75, 3.05) is 0 Å². The molecule has 0 fully saturated rings. The Morgan fingerprint density at radius 2 is 1.64 bits per heavy atom. The summed E-state index contributed by atoms with van der Waals surface area (Å²) in [6, 6.07) is 0. The van der Waals surface area contributed by atoms with E-state index in [1.54, 1.807) is 6.92 Å². The average Bonchev–Trinajstić information content (AvgIpc) is 2.47. The van der Waals surface area contributed by atoms with Crippen LogP contribution in [0.3, 0.4) is 0 Å². The zero-order chi connectivity index (χ0) is 17.1. The molecule has 4 heteroatoms. The summed E-state index contributed by atoms with van der Waals surface area (Å²) in [7, 11) is 0. The van der Waals surface area contributed by atoms with Gasteiger partial charge in [0.05, 0.1) is 5.03 Å². The fraction of sp³-hybridized carbons (Fsp3) is 0.500. The molecular formula is C18H26Cl2FN. The molecule has 0 aromatic carbocycles. The van der Waals surface area contributed by atoms with E-state index in [1.807, 2.05) is 25.2 Å². The highest BCUT2D eigenvalue weighted by molar-refractivity contribution is 6.30. The van der Waals surface area contributed by atoms with Crippen LogP contribution in [0.15, 0.2) is 50.4 Å². The normalized spacial score (nSPS) is 16.0. The summed E-state index contributed by atoms with van der Waals surface area (Å²) in [5.74, 6) is -0.416. The minimum Gasteiger partial charge on any atom is -0.241 e. The Labute approximate surface area is 144 Å². The summed E-state index contributed by atoms with van der Waals surface area (Å²) in [6.07, 6.45) is 9.60. The van der Waals surface area contributed by atoms with Gasteiger partial charge in [-0.15, -0.1) is 0 Å².